The number of carbonyl (C=O) groups is 1. The molecule has 0 radical (unpaired) electrons. The smallest absolute Gasteiger partial charge is 0.316 e. The summed E-state index contributed by atoms with van der Waals surface area (Å²) in [6.45, 7) is 7.85. The lowest BCUT2D eigenvalue weighted by Crippen LogP contribution is -2.40. The Hall–Kier alpha value is -1.81. The number of morpholine rings is 1. The number of benzene rings is 1. The molecule has 0 atom stereocenters. The molecule has 2 fully saturated rings. The first-order valence-electron chi connectivity index (χ1n) is 8.94. The zero-order chi connectivity index (χ0) is 17.0. The van der Waals surface area contributed by atoms with Gasteiger partial charge in [0, 0.05) is 18.8 Å². The molecular weight excluding hydrogens is 302 g/mol. The van der Waals surface area contributed by atoms with Crippen molar-refractivity contribution in [2.45, 2.75) is 33.1 Å². The van der Waals surface area contributed by atoms with Gasteiger partial charge in [0.05, 0.1) is 25.2 Å². The minimum atomic E-state index is -0.390. The number of ether oxygens (including phenoxy) is 2. The summed E-state index contributed by atoms with van der Waals surface area (Å²) in [5, 5.41) is 0. The second-order valence-electron chi connectivity index (χ2n) is 6.67. The lowest BCUT2D eigenvalue weighted by molar-refractivity contribution is -0.157. The van der Waals surface area contributed by atoms with Crippen molar-refractivity contribution in [3.8, 4) is 0 Å². The van der Waals surface area contributed by atoms with E-state index in [4.69, 9.17) is 9.47 Å². The van der Waals surface area contributed by atoms with Crippen LogP contribution in [-0.4, -0.2) is 38.9 Å². The van der Waals surface area contributed by atoms with Crippen LogP contribution in [0.15, 0.2) is 29.8 Å². The van der Waals surface area contributed by atoms with E-state index in [9.17, 15) is 4.79 Å². The standard InChI is InChI=1S/C20H27NO3/c1-3-24-19(22)20(9-4-10-20)16(2)15-17-5-7-18(8-6-17)21-11-13-23-14-12-21/h5-8,15H,3-4,9-14H2,1-2H3/b16-15+. The molecule has 1 aliphatic heterocycles. The van der Waals surface area contributed by atoms with Gasteiger partial charge in [-0.1, -0.05) is 30.2 Å². The number of esters is 1. The zero-order valence-corrected chi connectivity index (χ0v) is 14.7. The average molecular weight is 329 g/mol. The van der Waals surface area contributed by atoms with Gasteiger partial charge in [0.15, 0.2) is 0 Å². The number of hydrogen-bond acceptors (Lipinski definition) is 4. The normalized spacial score (nSPS) is 20.4. The SMILES string of the molecule is CCOC(=O)C1(/C(C)=C/c2ccc(N3CCOCC3)cc2)CCC1. The summed E-state index contributed by atoms with van der Waals surface area (Å²) < 4.78 is 10.7. The van der Waals surface area contributed by atoms with Crippen molar-refractivity contribution in [3.05, 3.63) is 35.4 Å². The zero-order valence-electron chi connectivity index (χ0n) is 14.7. The number of hydrogen-bond donors (Lipinski definition) is 0. The first-order chi connectivity index (χ1) is 11.7. The topological polar surface area (TPSA) is 38.8 Å². The first kappa shape index (κ1) is 17.0. The van der Waals surface area contributed by atoms with Gasteiger partial charge in [0.1, 0.15) is 0 Å². The van der Waals surface area contributed by atoms with Gasteiger partial charge in [0.2, 0.25) is 0 Å². The lowest BCUT2D eigenvalue weighted by atomic mass is 9.64. The molecule has 1 saturated carbocycles. The van der Waals surface area contributed by atoms with E-state index in [-0.39, 0.29) is 11.4 Å². The third kappa shape index (κ3) is 3.34. The van der Waals surface area contributed by atoms with Crippen LogP contribution in [0, 0.1) is 5.41 Å². The molecular formula is C20H27NO3. The van der Waals surface area contributed by atoms with Gasteiger partial charge in [0.25, 0.3) is 0 Å². The van der Waals surface area contributed by atoms with Gasteiger partial charge in [-0.15, -0.1) is 0 Å². The van der Waals surface area contributed by atoms with Gasteiger partial charge in [-0.05, 0) is 44.4 Å². The van der Waals surface area contributed by atoms with Crippen LogP contribution in [-0.2, 0) is 14.3 Å². The van der Waals surface area contributed by atoms with Gasteiger partial charge in [-0.25, -0.2) is 0 Å². The number of carbonyl (C=O) groups excluding carboxylic acids is 1. The maximum Gasteiger partial charge on any atom is 0.316 e. The van der Waals surface area contributed by atoms with Gasteiger partial charge in [-0.3, -0.25) is 4.79 Å². The maximum atomic E-state index is 12.4. The van der Waals surface area contributed by atoms with Crippen LogP contribution in [0.25, 0.3) is 6.08 Å². The molecule has 1 saturated heterocycles. The fraction of sp³-hybridized carbons (Fsp3) is 0.550. The molecule has 0 bridgehead atoms. The van der Waals surface area contributed by atoms with Crippen LogP contribution >= 0.6 is 0 Å². The fourth-order valence-electron chi connectivity index (χ4n) is 3.55. The Morgan fingerprint density at radius 1 is 1.25 bits per heavy atom. The predicted molar refractivity (Wildman–Crippen MR) is 96.0 cm³/mol. The van der Waals surface area contributed by atoms with Crippen molar-refractivity contribution in [1.82, 2.24) is 0 Å². The summed E-state index contributed by atoms with van der Waals surface area (Å²) in [6.07, 6.45) is 5.04. The van der Waals surface area contributed by atoms with Crippen molar-refractivity contribution in [2.75, 3.05) is 37.8 Å². The van der Waals surface area contributed by atoms with Gasteiger partial charge < -0.3 is 14.4 Å². The summed E-state index contributed by atoms with van der Waals surface area (Å²) in [7, 11) is 0. The third-order valence-corrected chi connectivity index (χ3v) is 5.28. The molecule has 2 aliphatic rings. The van der Waals surface area contributed by atoms with Crippen LogP contribution in [0.5, 0.6) is 0 Å². The summed E-state index contributed by atoms with van der Waals surface area (Å²) in [5.41, 5.74) is 3.10. The Balaban J connectivity index is 1.73. The highest BCUT2D eigenvalue weighted by atomic mass is 16.5. The molecule has 0 spiro atoms. The Labute approximate surface area is 144 Å². The highest BCUT2D eigenvalue weighted by Crippen LogP contribution is 2.48. The molecule has 1 aromatic carbocycles. The minimum absolute atomic E-state index is 0.0602. The van der Waals surface area contributed by atoms with Crippen LogP contribution in [0.2, 0.25) is 0 Å². The third-order valence-electron chi connectivity index (χ3n) is 5.28. The minimum Gasteiger partial charge on any atom is -0.465 e. The molecule has 1 aromatic rings. The van der Waals surface area contributed by atoms with E-state index in [2.05, 4.69) is 42.2 Å². The highest BCUT2D eigenvalue weighted by molar-refractivity contribution is 5.83. The van der Waals surface area contributed by atoms with Crippen molar-refractivity contribution < 1.29 is 14.3 Å². The number of rotatable bonds is 5. The summed E-state index contributed by atoms with van der Waals surface area (Å²) in [4.78, 5) is 14.7. The van der Waals surface area contributed by atoms with E-state index < -0.39 is 0 Å². The molecule has 24 heavy (non-hydrogen) atoms. The van der Waals surface area contributed by atoms with E-state index in [1.54, 1.807) is 0 Å². The number of anilines is 1. The fourth-order valence-corrected chi connectivity index (χ4v) is 3.55. The van der Waals surface area contributed by atoms with E-state index >= 15 is 0 Å². The molecule has 0 aromatic heterocycles. The molecule has 1 heterocycles. The molecule has 0 amide bonds. The van der Waals surface area contributed by atoms with Crippen molar-refractivity contribution in [1.29, 1.82) is 0 Å². The number of nitrogens with zero attached hydrogens (tertiary/aromatic N) is 1. The van der Waals surface area contributed by atoms with E-state index in [1.165, 1.54) is 5.69 Å². The van der Waals surface area contributed by atoms with Gasteiger partial charge >= 0.3 is 5.97 Å². The monoisotopic (exact) mass is 329 g/mol. The summed E-state index contributed by atoms with van der Waals surface area (Å²) in [5.74, 6) is -0.0602. The van der Waals surface area contributed by atoms with Gasteiger partial charge in [-0.2, -0.15) is 0 Å². The van der Waals surface area contributed by atoms with E-state index in [0.717, 1.165) is 56.7 Å². The van der Waals surface area contributed by atoms with E-state index in [0.29, 0.717) is 6.61 Å². The lowest BCUT2D eigenvalue weighted by Gasteiger charge is -2.40. The van der Waals surface area contributed by atoms with Crippen LogP contribution in [0.3, 0.4) is 0 Å². The van der Waals surface area contributed by atoms with Crippen molar-refractivity contribution in [3.63, 3.8) is 0 Å². The molecule has 4 heteroatoms. The van der Waals surface area contributed by atoms with E-state index in [1.807, 2.05) is 6.92 Å². The van der Waals surface area contributed by atoms with Crippen LogP contribution in [0.1, 0.15) is 38.7 Å². The molecule has 3 rings (SSSR count). The Bertz CT molecular complexity index is 596. The quantitative estimate of drug-likeness (QED) is 0.773. The molecule has 0 N–H and O–H groups in total. The van der Waals surface area contributed by atoms with Crippen molar-refractivity contribution >= 4 is 17.7 Å². The molecule has 0 unspecified atom stereocenters. The summed E-state index contributed by atoms with van der Waals surface area (Å²) >= 11 is 0. The Kier molecular flexibility index (Phi) is 5.24. The predicted octanol–water partition coefficient (Wildman–Crippen LogP) is 3.66. The average Bonchev–Trinajstić information content (AvgIpc) is 2.55. The van der Waals surface area contributed by atoms with Crippen molar-refractivity contribution in [2.24, 2.45) is 5.41 Å². The maximum absolute atomic E-state index is 12.4. The second-order valence-corrected chi connectivity index (χ2v) is 6.67. The first-order valence-corrected chi connectivity index (χ1v) is 8.94. The molecule has 1 aliphatic carbocycles. The molecule has 130 valence electrons. The summed E-state index contributed by atoms with van der Waals surface area (Å²) in [6, 6.07) is 8.57. The van der Waals surface area contributed by atoms with Crippen LogP contribution < -0.4 is 4.90 Å². The Morgan fingerprint density at radius 3 is 2.46 bits per heavy atom. The van der Waals surface area contributed by atoms with Crippen LogP contribution in [0.4, 0.5) is 5.69 Å². The molecule has 4 nitrogen and oxygen atoms in total. The second kappa shape index (κ2) is 7.39. The Morgan fingerprint density at radius 2 is 1.92 bits per heavy atom. The highest BCUT2D eigenvalue weighted by Gasteiger charge is 2.46. The largest absolute Gasteiger partial charge is 0.465 e.